The molecule has 0 aliphatic carbocycles. The summed E-state index contributed by atoms with van der Waals surface area (Å²) in [6, 6.07) is 13.2. The van der Waals surface area contributed by atoms with E-state index in [2.05, 4.69) is 20.8 Å². The van der Waals surface area contributed by atoms with Crippen LogP contribution >= 0.6 is 0 Å². The van der Waals surface area contributed by atoms with Crippen molar-refractivity contribution in [1.82, 2.24) is 15.4 Å². The molecule has 1 aromatic heterocycles. The number of fused-ring (bicyclic) bond motifs is 1. The number of hydrogen-bond donors (Lipinski definition) is 2. The van der Waals surface area contributed by atoms with Gasteiger partial charge in [0.05, 0.1) is 4.92 Å². The fourth-order valence-corrected chi connectivity index (χ4v) is 2.28. The Bertz CT molecular complexity index is 953. The van der Waals surface area contributed by atoms with Gasteiger partial charge < -0.3 is 4.74 Å². The molecule has 0 spiro atoms. The van der Waals surface area contributed by atoms with Gasteiger partial charge in [-0.15, -0.1) is 0 Å². The van der Waals surface area contributed by atoms with Gasteiger partial charge in [0.2, 0.25) is 5.82 Å². The lowest BCUT2D eigenvalue weighted by Gasteiger charge is -2.21. The van der Waals surface area contributed by atoms with Gasteiger partial charge in [-0.3, -0.25) is 15.5 Å². The van der Waals surface area contributed by atoms with Crippen molar-refractivity contribution in [2.75, 3.05) is 5.43 Å². The van der Waals surface area contributed by atoms with Crippen LogP contribution in [0.15, 0.2) is 48.8 Å². The van der Waals surface area contributed by atoms with Crippen LogP contribution in [0.5, 0.6) is 11.6 Å². The molecule has 2 N–H and O–H groups in total. The maximum Gasteiger partial charge on any atom is 0.374 e. The van der Waals surface area contributed by atoms with Crippen LogP contribution in [0.25, 0.3) is 10.8 Å². The topological polar surface area (TPSA) is 102 Å². The van der Waals surface area contributed by atoms with E-state index in [1.165, 1.54) is 6.33 Å². The summed E-state index contributed by atoms with van der Waals surface area (Å²) in [5.41, 5.74) is 5.07. The normalized spacial score (nSPS) is 11.3. The van der Waals surface area contributed by atoms with E-state index in [9.17, 15) is 10.1 Å². The summed E-state index contributed by atoms with van der Waals surface area (Å²) < 4.78 is 5.69. The maximum atomic E-state index is 11.5. The Morgan fingerprint density at radius 1 is 1.08 bits per heavy atom. The molecule has 0 bridgehead atoms. The molecule has 3 aromatic rings. The Labute approximate surface area is 150 Å². The molecular weight excluding hydrogens is 334 g/mol. The predicted octanol–water partition coefficient (Wildman–Crippen LogP) is 4.05. The summed E-state index contributed by atoms with van der Waals surface area (Å²) in [5, 5.41) is 13.6. The zero-order valence-electron chi connectivity index (χ0n) is 14.7. The maximum absolute atomic E-state index is 11.5. The molecule has 8 heteroatoms. The molecule has 0 aliphatic rings. The summed E-state index contributed by atoms with van der Waals surface area (Å²) in [6.07, 6.45) is 1.22. The van der Waals surface area contributed by atoms with Gasteiger partial charge in [0.1, 0.15) is 12.1 Å². The molecule has 0 fully saturated rings. The van der Waals surface area contributed by atoms with Crippen LogP contribution < -0.4 is 15.6 Å². The second-order valence-electron chi connectivity index (χ2n) is 6.74. The summed E-state index contributed by atoms with van der Waals surface area (Å²) in [7, 11) is 0. The highest BCUT2D eigenvalue weighted by atomic mass is 16.6. The average molecular weight is 353 g/mol. The Morgan fingerprint density at radius 2 is 1.81 bits per heavy atom. The first-order chi connectivity index (χ1) is 12.3. The minimum Gasteiger partial charge on any atom is -0.434 e. The van der Waals surface area contributed by atoms with Gasteiger partial charge in [0, 0.05) is 5.54 Å². The zero-order chi connectivity index (χ0) is 18.7. The quantitative estimate of drug-likeness (QED) is 0.527. The van der Waals surface area contributed by atoms with Crippen LogP contribution in [-0.4, -0.2) is 20.4 Å². The highest BCUT2D eigenvalue weighted by Gasteiger charge is 2.26. The van der Waals surface area contributed by atoms with Crippen molar-refractivity contribution >= 4 is 22.3 Å². The summed E-state index contributed by atoms with van der Waals surface area (Å²) in [6.45, 7) is 5.75. The van der Waals surface area contributed by atoms with Crippen molar-refractivity contribution in [2.24, 2.45) is 0 Å². The summed E-state index contributed by atoms with van der Waals surface area (Å²) in [4.78, 5) is 18.9. The number of nitrogens with zero attached hydrogens (tertiary/aromatic N) is 3. The van der Waals surface area contributed by atoms with E-state index in [0.717, 1.165) is 10.8 Å². The smallest absolute Gasteiger partial charge is 0.374 e. The lowest BCUT2D eigenvalue weighted by atomic mass is 10.1. The van der Waals surface area contributed by atoms with Crippen LogP contribution in [-0.2, 0) is 0 Å². The molecule has 0 saturated heterocycles. The molecule has 26 heavy (non-hydrogen) atoms. The monoisotopic (exact) mass is 353 g/mol. The molecule has 3 rings (SSSR count). The molecule has 0 saturated carbocycles. The molecule has 8 nitrogen and oxygen atoms in total. The van der Waals surface area contributed by atoms with E-state index >= 15 is 0 Å². The zero-order valence-corrected chi connectivity index (χ0v) is 14.7. The first-order valence-electron chi connectivity index (χ1n) is 8.03. The SMILES string of the molecule is CC(C)(C)NNc1ncnc(Oc2ccc3ccccc3c2)c1[N+](=O)[O-]. The average Bonchev–Trinajstić information content (AvgIpc) is 2.59. The lowest BCUT2D eigenvalue weighted by Crippen LogP contribution is -2.40. The van der Waals surface area contributed by atoms with Gasteiger partial charge >= 0.3 is 11.6 Å². The van der Waals surface area contributed by atoms with Gasteiger partial charge in [-0.2, -0.15) is 4.98 Å². The Balaban J connectivity index is 1.94. The van der Waals surface area contributed by atoms with Crippen LogP contribution in [0, 0.1) is 10.1 Å². The molecule has 134 valence electrons. The number of hydrogen-bond acceptors (Lipinski definition) is 7. The standard InChI is InChI=1S/C18H19N5O3/c1-18(2,3)22-21-16-15(23(24)25)17(20-11-19-16)26-14-9-8-12-6-4-5-7-13(12)10-14/h4-11,22H,1-3H3,(H,19,20,21). The van der Waals surface area contributed by atoms with Crippen molar-refractivity contribution in [3.05, 3.63) is 58.9 Å². The summed E-state index contributed by atoms with van der Waals surface area (Å²) in [5.74, 6) is 0.370. The Kier molecular flexibility index (Phi) is 4.68. The van der Waals surface area contributed by atoms with E-state index < -0.39 is 4.92 Å². The van der Waals surface area contributed by atoms with Crippen molar-refractivity contribution in [1.29, 1.82) is 0 Å². The van der Waals surface area contributed by atoms with Crippen molar-refractivity contribution in [2.45, 2.75) is 26.3 Å². The largest absolute Gasteiger partial charge is 0.434 e. The van der Waals surface area contributed by atoms with Crippen LogP contribution in [0.4, 0.5) is 11.5 Å². The Morgan fingerprint density at radius 3 is 2.50 bits per heavy atom. The van der Waals surface area contributed by atoms with Gasteiger partial charge in [0.15, 0.2) is 0 Å². The van der Waals surface area contributed by atoms with E-state index in [1.807, 2.05) is 57.2 Å². The van der Waals surface area contributed by atoms with Crippen molar-refractivity contribution < 1.29 is 9.66 Å². The fraction of sp³-hybridized carbons (Fsp3) is 0.222. The lowest BCUT2D eigenvalue weighted by molar-refractivity contribution is -0.385. The molecule has 0 unspecified atom stereocenters. The van der Waals surface area contributed by atoms with E-state index in [4.69, 9.17) is 4.74 Å². The van der Waals surface area contributed by atoms with Gasteiger partial charge in [-0.1, -0.05) is 30.3 Å². The summed E-state index contributed by atoms with van der Waals surface area (Å²) >= 11 is 0. The third kappa shape index (κ3) is 4.04. The predicted molar refractivity (Wildman–Crippen MR) is 99.2 cm³/mol. The van der Waals surface area contributed by atoms with Crippen LogP contribution in [0.2, 0.25) is 0 Å². The van der Waals surface area contributed by atoms with Gasteiger partial charge in [-0.25, -0.2) is 10.4 Å². The van der Waals surface area contributed by atoms with Gasteiger partial charge in [0.25, 0.3) is 0 Å². The highest BCUT2D eigenvalue weighted by molar-refractivity contribution is 5.83. The number of anilines is 1. The number of hydrazine groups is 1. The van der Waals surface area contributed by atoms with Crippen LogP contribution in [0.1, 0.15) is 20.8 Å². The third-order valence-electron chi connectivity index (χ3n) is 3.46. The second kappa shape index (κ2) is 6.93. The first kappa shape index (κ1) is 17.6. The molecule has 0 amide bonds. The molecule has 0 radical (unpaired) electrons. The van der Waals surface area contributed by atoms with E-state index in [0.29, 0.717) is 5.75 Å². The van der Waals surface area contributed by atoms with Crippen molar-refractivity contribution in [3.63, 3.8) is 0 Å². The minimum atomic E-state index is -0.566. The van der Waals surface area contributed by atoms with Gasteiger partial charge in [-0.05, 0) is 43.7 Å². The number of nitrogens with one attached hydrogen (secondary N) is 2. The number of benzene rings is 2. The van der Waals surface area contributed by atoms with Crippen LogP contribution in [0.3, 0.4) is 0 Å². The van der Waals surface area contributed by atoms with Crippen molar-refractivity contribution in [3.8, 4) is 11.6 Å². The number of ether oxygens (including phenoxy) is 1. The molecular formula is C18H19N5O3. The molecule has 0 aliphatic heterocycles. The van der Waals surface area contributed by atoms with E-state index in [-0.39, 0.29) is 22.9 Å². The van der Waals surface area contributed by atoms with E-state index in [1.54, 1.807) is 6.07 Å². The number of aromatic nitrogens is 2. The minimum absolute atomic E-state index is 0.0377. The highest BCUT2D eigenvalue weighted by Crippen LogP contribution is 2.34. The number of rotatable bonds is 5. The third-order valence-corrected chi connectivity index (χ3v) is 3.46. The Hall–Kier alpha value is -3.26. The fourth-order valence-electron chi connectivity index (χ4n) is 2.28. The second-order valence-corrected chi connectivity index (χ2v) is 6.74. The number of nitro groups is 1. The molecule has 2 aromatic carbocycles. The first-order valence-corrected chi connectivity index (χ1v) is 8.03. The molecule has 1 heterocycles. The molecule has 0 atom stereocenters.